The smallest absolute Gasteiger partial charge is 0.223 e. The monoisotopic (exact) mass is 387 g/mol. The topological polar surface area (TPSA) is 29.1 Å². The van der Waals surface area contributed by atoms with Crippen LogP contribution in [0.5, 0.6) is 0 Å². The van der Waals surface area contributed by atoms with Gasteiger partial charge >= 0.3 is 0 Å². The summed E-state index contributed by atoms with van der Waals surface area (Å²) in [4.78, 5) is 12.5. The predicted molar refractivity (Wildman–Crippen MR) is 112 cm³/mol. The molecule has 0 spiro atoms. The normalized spacial score (nSPS) is 26.7. The highest BCUT2D eigenvalue weighted by Crippen LogP contribution is 2.49. The van der Waals surface area contributed by atoms with E-state index in [0.717, 1.165) is 30.3 Å². The molecule has 3 aliphatic rings. The molecule has 2 atom stereocenters. The zero-order valence-corrected chi connectivity index (χ0v) is 17.3. The van der Waals surface area contributed by atoms with Crippen LogP contribution in [-0.2, 0) is 4.79 Å². The van der Waals surface area contributed by atoms with Crippen molar-refractivity contribution in [1.29, 1.82) is 0 Å². The first-order chi connectivity index (χ1) is 13.2. The molecule has 3 aliphatic carbocycles. The standard InChI is InChI=1S/C24H34ClNO/c25-23-15-19(11-12-20(23)18-9-5-2-6-10-18)21-16-22(21)24(27)26-14-13-17-7-3-1-4-8-17/h11-12,15,17-18,21-22H,1-10,13-14,16H2,(H,26,27). The van der Waals surface area contributed by atoms with Crippen LogP contribution in [-0.4, -0.2) is 12.5 Å². The third-order valence-corrected chi connectivity index (χ3v) is 7.53. The molecule has 27 heavy (non-hydrogen) atoms. The highest BCUT2D eigenvalue weighted by molar-refractivity contribution is 6.31. The van der Waals surface area contributed by atoms with E-state index < -0.39 is 0 Å². The van der Waals surface area contributed by atoms with Crippen LogP contribution in [0.15, 0.2) is 18.2 Å². The lowest BCUT2D eigenvalue weighted by Gasteiger charge is -2.23. The van der Waals surface area contributed by atoms with Gasteiger partial charge in [-0.15, -0.1) is 0 Å². The molecule has 3 fully saturated rings. The molecule has 0 radical (unpaired) electrons. The molecule has 2 nitrogen and oxygen atoms in total. The molecule has 4 rings (SSSR count). The van der Waals surface area contributed by atoms with Crippen molar-refractivity contribution < 1.29 is 4.79 Å². The summed E-state index contributed by atoms with van der Waals surface area (Å²) in [5.74, 6) is 2.26. The molecule has 2 unspecified atom stereocenters. The van der Waals surface area contributed by atoms with E-state index in [1.54, 1.807) is 0 Å². The average Bonchev–Trinajstić information content (AvgIpc) is 3.50. The molecule has 0 heterocycles. The van der Waals surface area contributed by atoms with Crippen LogP contribution in [0.4, 0.5) is 0 Å². The van der Waals surface area contributed by atoms with Crippen molar-refractivity contribution in [3.8, 4) is 0 Å². The molecular formula is C24H34ClNO. The Morgan fingerprint density at radius 2 is 1.70 bits per heavy atom. The number of hydrogen-bond acceptors (Lipinski definition) is 1. The van der Waals surface area contributed by atoms with E-state index in [-0.39, 0.29) is 11.8 Å². The van der Waals surface area contributed by atoms with Crippen molar-refractivity contribution in [3.05, 3.63) is 34.3 Å². The fourth-order valence-corrected chi connectivity index (χ4v) is 5.72. The first kappa shape index (κ1) is 19.3. The number of halogens is 1. The van der Waals surface area contributed by atoms with E-state index in [0.29, 0.717) is 11.8 Å². The maximum Gasteiger partial charge on any atom is 0.223 e. The van der Waals surface area contributed by atoms with Gasteiger partial charge in [-0.1, -0.05) is 75.1 Å². The van der Waals surface area contributed by atoms with Gasteiger partial charge in [0.1, 0.15) is 0 Å². The Morgan fingerprint density at radius 1 is 1.00 bits per heavy atom. The largest absolute Gasteiger partial charge is 0.356 e. The number of amides is 1. The second-order valence-electron chi connectivity index (χ2n) is 9.15. The summed E-state index contributed by atoms with van der Waals surface area (Å²) < 4.78 is 0. The Labute approximate surface area is 169 Å². The van der Waals surface area contributed by atoms with Gasteiger partial charge < -0.3 is 5.32 Å². The van der Waals surface area contributed by atoms with Gasteiger partial charge in [0.2, 0.25) is 5.91 Å². The lowest BCUT2D eigenvalue weighted by molar-refractivity contribution is -0.122. The number of nitrogens with one attached hydrogen (secondary N) is 1. The number of benzene rings is 1. The fourth-order valence-electron chi connectivity index (χ4n) is 5.38. The van der Waals surface area contributed by atoms with Crippen LogP contribution in [0.2, 0.25) is 5.02 Å². The van der Waals surface area contributed by atoms with Gasteiger partial charge in [0, 0.05) is 17.5 Å². The molecule has 0 saturated heterocycles. The van der Waals surface area contributed by atoms with Gasteiger partial charge in [-0.2, -0.15) is 0 Å². The van der Waals surface area contributed by atoms with Gasteiger partial charge in [-0.25, -0.2) is 0 Å². The molecule has 3 saturated carbocycles. The van der Waals surface area contributed by atoms with Crippen molar-refractivity contribution in [1.82, 2.24) is 5.32 Å². The van der Waals surface area contributed by atoms with Crippen molar-refractivity contribution in [2.45, 2.75) is 88.9 Å². The van der Waals surface area contributed by atoms with Crippen molar-refractivity contribution in [2.75, 3.05) is 6.54 Å². The van der Waals surface area contributed by atoms with E-state index >= 15 is 0 Å². The molecule has 3 heteroatoms. The zero-order valence-electron chi connectivity index (χ0n) is 16.5. The first-order valence-corrected chi connectivity index (χ1v) is 11.7. The summed E-state index contributed by atoms with van der Waals surface area (Å²) in [6.45, 7) is 0.855. The lowest BCUT2D eigenvalue weighted by Crippen LogP contribution is -2.28. The highest BCUT2D eigenvalue weighted by atomic mass is 35.5. The molecule has 0 bridgehead atoms. The van der Waals surface area contributed by atoms with E-state index in [9.17, 15) is 4.79 Å². The molecule has 0 aliphatic heterocycles. The summed E-state index contributed by atoms with van der Waals surface area (Å²) in [5.41, 5.74) is 2.58. The summed E-state index contributed by atoms with van der Waals surface area (Å²) in [6.07, 6.45) is 15.6. The maximum atomic E-state index is 12.5. The minimum atomic E-state index is 0.160. The Balaban J connectivity index is 1.26. The average molecular weight is 388 g/mol. The highest BCUT2D eigenvalue weighted by Gasteiger charge is 2.44. The van der Waals surface area contributed by atoms with Crippen LogP contribution in [0.1, 0.15) is 100 Å². The van der Waals surface area contributed by atoms with Crippen LogP contribution in [0, 0.1) is 11.8 Å². The van der Waals surface area contributed by atoms with Crippen molar-refractivity contribution in [3.63, 3.8) is 0 Å². The predicted octanol–water partition coefficient (Wildman–Crippen LogP) is 6.58. The third kappa shape index (κ3) is 4.88. The summed E-state index contributed by atoms with van der Waals surface area (Å²) >= 11 is 6.63. The summed E-state index contributed by atoms with van der Waals surface area (Å²) in [7, 11) is 0. The van der Waals surface area contributed by atoms with Gasteiger partial charge in [0.05, 0.1) is 0 Å². The SMILES string of the molecule is O=C(NCCC1CCCCC1)C1CC1c1ccc(C2CCCCC2)c(Cl)c1. The van der Waals surface area contributed by atoms with E-state index in [1.807, 2.05) is 0 Å². The van der Waals surface area contributed by atoms with Crippen LogP contribution < -0.4 is 5.32 Å². The second kappa shape index (κ2) is 8.99. The van der Waals surface area contributed by atoms with Crippen molar-refractivity contribution >= 4 is 17.5 Å². The summed E-state index contributed by atoms with van der Waals surface area (Å²) in [5, 5.41) is 4.12. The molecule has 1 aromatic carbocycles. The quantitative estimate of drug-likeness (QED) is 0.586. The number of carbonyl (C=O) groups excluding carboxylic acids is 1. The molecule has 1 aromatic rings. The van der Waals surface area contributed by atoms with Crippen LogP contribution in [0.3, 0.4) is 0 Å². The van der Waals surface area contributed by atoms with Gasteiger partial charge in [-0.05, 0) is 60.6 Å². The molecule has 0 aromatic heterocycles. The van der Waals surface area contributed by atoms with E-state index in [2.05, 4.69) is 23.5 Å². The number of hydrogen-bond donors (Lipinski definition) is 1. The molecule has 1 amide bonds. The van der Waals surface area contributed by atoms with Crippen LogP contribution >= 0.6 is 11.6 Å². The lowest BCUT2D eigenvalue weighted by atomic mass is 9.83. The minimum Gasteiger partial charge on any atom is -0.356 e. The van der Waals surface area contributed by atoms with E-state index in [1.165, 1.54) is 75.3 Å². The Kier molecular flexibility index (Phi) is 6.42. The Hall–Kier alpha value is -1.02. The fraction of sp³-hybridized carbons (Fsp3) is 0.708. The Morgan fingerprint density at radius 3 is 2.41 bits per heavy atom. The minimum absolute atomic E-state index is 0.160. The maximum absolute atomic E-state index is 12.5. The van der Waals surface area contributed by atoms with Crippen LogP contribution in [0.25, 0.3) is 0 Å². The van der Waals surface area contributed by atoms with Crippen molar-refractivity contribution in [2.24, 2.45) is 11.8 Å². The molecule has 148 valence electrons. The molecular weight excluding hydrogens is 354 g/mol. The van der Waals surface area contributed by atoms with Gasteiger partial charge in [-0.3, -0.25) is 4.79 Å². The van der Waals surface area contributed by atoms with E-state index in [4.69, 9.17) is 11.6 Å². The van der Waals surface area contributed by atoms with Gasteiger partial charge in [0.15, 0.2) is 0 Å². The first-order valence-electron chi connectivity index (χ1n) is 11.3. The third-order valence-electron chi connectivity index (χ3n) is 7.20. The number of carbonyl (C=O) groups is 1. The molecule has 1 N–H and O–H groups in total. The number of rotatable bonds is 6. The van der Waals surface area contributed by atoms with Gasteiger partial charge in [0.25, 0.3) is 0 Å². The summed E-state index contributed by atoms with van der Waals surface area (Å²) in [6, 6.07) is 6.62. The zero-order chi connectivity index (χ0) is 18.6. The Bertz CT molecular complexity index is 646. The second-order valence-corrected chi connectivity index (χ2v) is 9.56.